The van der Waals surface area contributed by atoms with Crippen molar-refractivity contribution >= 4 is 7.82 Å². The molecule has 0 bridgehead atoms. The van der Waals surface area contributed by atoms with E-state index in [1.807, 2.05) is 20.8 Å². The van der Waals surface area contributed by atoms with Gasteiger partial charge in [0.15, 0.2) is 0 Å². The SMILES string of the molecule is CC(C)OP(=O)(O[CH-]C(C)(C)C)OC(C)C.[Li+]. The molecule has 0 aromatic carbocycles. The van der Waals surface area contributed by atoms with Gasteiger partial charge in [-0.25, -0.2) is 4.57 Å². The second-order valence-corrected chi connectivity index (χ2v) is 6.87. The molecular weight excluding hydrogens is 234 g/mol. The minimum atomic E-state index is -3.48. The Hall–Kier alpha value is 0.707. The van der Waals surface area contributed by atoms with Crippen molar-refractivity contribution in [3.8, 4) is 0 Å². The van der Waals surface area contributed by atoms with Gasteiger partial charge in [0.2, 0.25) is 0 Å². The maximum Gasteiger partial charge on any atom is 1.00 e. The van der Waals surface area contributed by atoms with E-state index >= 15 is 0 Å². The van der Waals surface area contributed by atoms with Gasteiger partial charge in [-0.2, -0.15) is 6.61 Å². The number of hydrogen-bond acceptors (Lipinski definition) is 4. The molecule has 0 amide bonds. The van der Waals surface area contributed by atoms with Gasteiger partial charge in [-0.3, -0.25) is 9.05 Å². The molecule has 0 aliphatic carbocycles. The normalized spacial score (nSPS) is 13.0. The molecule has 4 nitrogen and oxygen atoms in total. The zero-order valence-corrected chi connectivity index (χ0v) is 13.2. The average Bonchev–Trinajstić information content (AvgIpc) is 1.96. The van der Waals surface area contributed by atoms with Crippen LogP contribution in [-0.4, -0.2) is 12.2 Å². The smallest absolute Gasteiger partial charge is 0.464 e. The van der Waals surface area contributed by atoms with Gasteiger partial charge >= 0.3 is 26.7 Å². The van der Waals surface area contributed by atoms with E-state index in [0.29, 0.717) is 0 Å². The molecule has 0 spiro atoms. The van der Waals surface area contributed by atoms with Gasteiger partial charge in [-0.1, -0.05) is 20.8 Å². The van der Waals surface area contributed by atoms with E-state index in [4.69, 9.17) is 13.6 Å². The van der Waals surface area contributed by atoms with Crippen molar-refractivity contribution in [1.29, 1.82) is 0 Å². The number of phosphoric acid groups is 1. The molecule has 6 heteroatoms. The molecule has 0 unspecified atom stereocenters. The Morgan fingerprint density at radius 3 is 1.59 bits per heavy atom. The summed E-state index contributed by atoms with van der Waals surface area (Å²) in [5, 5.41) is 0. The minimum Gasteiger partial charge on any atom is -0.464 e. The van der Waals surface area contributed by atoms with Crippen LogP contribution in [0.1, 0.15) is 48.5 Å². The minimum absolute atomic E-state index is 0. The van der Waals surface area contributed by atoms with Gasteiger partial charge in [0.25, 0.3) is 0 Å². The van der Waals surface area contributed by atoms with Gasteiger partial charge in [0, 0.05) is 0 Å². The van der Waals surface area contributed by atoms with Gasteiger partial charge in [0.1, 0.15) is 0 Å². The second kappa shape index (κ2) is 7.99. The first kappa shape index (κ1) is 20.0. The summed E-state index contributed by atoms with van der Waals surface area (Å²) < 4.78 is 27.8. The van der Waals surface area contributed by atoms with Crippen LogP contribution in [0.5, 0.6) is 0 Å². The van der Waals surface area contributed by atoms with Crippen LogP contribution in [0.15, 0.2) is 0 Å². The molecule has 98 valence electrons. The van der Waals surface area contributed by atoms with Gasteiger partial charge in [-0.05, 0) is 27.7 Å². The fourth-order valence-corrected chi connectivity index (χ4v) is 2.44. The molecule has 0 radical (unpaired) electrons. The van der Waals surface area contributed by atoms with Crippen molar-refractivity contribution in [2.24, 2.45) is 5.41 Å². The maximum atomic E-state index is 12.2. The summed E-state index contributed by atoms with van der Waals surface area (Å²) >= 11 is 0. The van der Waals surface area contributed by atoms with Crippen molar-refractivity contribution < 1.29 is 37.0 Å². The Bertz CT molecular complexity index is 234. The Labute approximate surface area is 118 Å². The molecule has 0 aromatic rings. The second-order valence-electron chi connectivity index (χ2n) is 5.34. The van der Waals surface area contributed by atoms with Crippen molar-refractivity contribution in [1.82, 2.24) is 0 Å². The number of phosphoric ester groups is 1. The first-order chi connectivity index (χ1) is 7.04. The molecule has 0 rings (SSSR count). The molecule has 0 atom stereocenters. The Morgan fingerprint density at radius 2 is 1.35 bits per heavy atom. The van der Waals surface area contributed by atoms with E-state index < -0.39 is 7.82 Å². The van der Waals surface area contributed by atoms with Crippen molar-refractivity contribution in [3.05, 3.63) is 6.61 Å². The zero-order chi connectivity index (χ0) is 13.0. The third-order valence-corrected chi connectivity index (χ3v) is 2.94. The summed E-state index contributed by atoms with van der Waals surface area (Å²) in [6.07, 6.45) is -0.420. The van der Waals surface area contributed by atoms with Crippen LogP contribution in [0.25, 0.3) is 0 Å². The Morgan fingerprint density at radius 1 is 1.00 bits per heavy atom. The topological polar surface area (TPSA) is 44.8 Å². The van der Waals surface area contributed by atoms with Crippen molar-refractivity contribution in [2.75, 3.05) is 0 Å². The van der Waals surface area contributed by atoms with Crippen molar-refractivity contribution in [2.45, 2.75) is 60.7 Å². The maximum absolute atomic E-state index is 12.2. The van der Waals surface area contributed by atoms with E-state index in [1.165, 1.54) is 6.61 Å². The number of hydrogen-bond donors (Lipinski definition) is 0. The molecular formula is C11H24LiO4P. The van der Waals surface area contributed by atoms with E-state index in [9.17, 15) is 4.57 Å². The third-order valence-electron chi connectivity index (χ3n) is 1.22. The van der Waals surface area contributed by atoms with Crippen LogP contribution < -0.4 is 18.9 Å². The van der Waals surface area contributed by atoms with E-state index in [0.717, 1.165) is 0 Å². The summed E-state index contributed by atoms with van der Waals surface area (Å²) in [5.74, 6) is 0. The first-order valence-corrected chi connectivity index (χ1v) is 7.00. The standard InChI is InChI=1S/C11H24O4P.Li/c1-9(2)14-16(12,15-10(3)4)13-8-11(5,6)7;/h8-10H,1-7H3;/q-1;+1. The Balaban J connectivity index is 0. The van der Waals surface area contributed by atoms with E-state index in [1.54, 1.807) is 27.7 Å². The third kappa shape index (κ3) is 11.5. The summed E-state index contributed by atoms with van der Waals surface area (Å²) in [6, 6.07) is 0. The molecule has 0 saturated carbocycles. The molecule has 0 fully saturated rings. The van der Waals surface area contributed by atoms with Crippen LogP contribution in [0.3, 0.4) is 0 Å². The van der Waals surface area contributed by atoms with Crippen LogP contribution in [0, 0.1) is 12.0 Å². The number of rotatable bonds is 6. The molecule has 0 N–H and O–H groups in total. The Kier molecular flexibility index (Phi) is 9.42. The van der Waals surface area contributed by atoms with Crippen LogP contribution in [-0.2, 0) is 18.1 Å². The summed E-state index contributed by atoms with van der Waals surface area (Å²) in [6.45, 7) is 14.5. The zero-order valence-electron chi connectivity index (χ0n) is 12.3. The molecule has 0 aromatic heterocycles. The van der Waals surface area contributed by atoms with E-state index in [-0.39, 0.29) is 36.5 Å². The molecule has 0 aliphatic rings. The van der Waals surface area contributed by atoms with Crippen LogP contribution in [0.4, 0.5) is 0 Å². The van der Waals surface area contributed by atoms with Gasteiger partial charge in [-0.15, -0.1) is 5.41 Å². The van der Waals surface area contributed by atoms with Crippen LogP contribution >= 0.6 is 7.82 Å². The van der Waals surface area contributed by atoms with E-state index in [2.05, 4.69) is 0 Å². The quantitative estimate of drug-likeness (QED) is 0.407. The largest absolute Gasteiger partial charge is 1.00 e. The molecule has 0 heterocycles. The molecule has 0 aliphatic heterocycles. The predicted molar refractivity (Wildman–Crippen MR) is 64.9 cm³/mol. The average molecular weight is 258 g/mol. The predicted octanol–water partition coefficient (Wildman–Crippen LogP) is 1.17. The fraction of sp³-hybridized carbons (Fsp3) is 0.909. The summed E-state index contributed by atoms with van der Waals surface area (Å²) in [4.78, 5) is 0. The molecule has 0 saturated heterocycles. The van der Waals surface area contributed by atoms with Crippen molar-refractivity contribution in [3.63, 3.8) is 0 Å². The first-order valence-electron chi connectivity index (χ1n) is 5.54. The monoisotopic (exact) mass is 258 g/mol. The fourth-order valence-electron chi connectivity index (χ4n) is 0.814. The van der Waals surface area contributed by atoms with Gasteiger partial charge < -0.3 is 4.52 Å². The van der Waals surface area contributed by atoms with Gasteiger partial charge in [0.05, 0.1) is 12.2 Å². The summed E-state index contributed by atoms with van der Waals surface area (Å²) in [7, 11) is -3.48. The summed E-state index contributed by atoms with van der Waals surface area (Å²) in [5.41, 5.74) is -0.198. The van der Waals surface area contributed by atoms with Crippen LogP contribution in [0.2, 0.25) is 0 Å². The molecule has 17 heavy (non-hydrogen) atoms.